The van der Waals surface area contributed by atoms with Crippen LogP contribution in [0.4, 0.5) is 14.5 Å². The van der Waals surface area contributed by atoms with E-state index in [1.54, 1.807) is 0 Å². The summed E-state index contributed by atoms with van der Waals surface area (Å²) in [7, 11) is 0. The van der Waals surface area contributed by atoms with E-state index in [2.05, 4.69) is 35.1 Å². The standard InChI is InChI=1S/C12H17BrF2N2/c1-7(2)8(5-16)6-17-12-4-10(14)9(13)3-11(12)15/h3-4,7-8,17H,5-6,16H2,1-2H3. The highest BCUT2D eigenvalue weighted by molar-refractivity contribution is 9.10. The van der Waals surface area contributed by atoms with Crippen LogP contribution >= 0.6 is 15.9 Å². The van der Waals surface area contributed by atoms with Crippen molar-refractivity contribution in [2.75, 3.05) is 18.4 Å². The average molecular weight is 307 g/mol. The van der Waals surface area contributed by atoms with Crippen molar-refractivity contribution in [3.8, 4) is 0 Å². The summed E-state index contributed by atoms with van der Waals surface area (Å²) in [5.74, 6) is -0.322. The molecular formula is C12H17BrF2N2. The first kappa shape index (κ1) is 14.4. The minimum Gasteiger partial charge on any atom is -0.382 e. The largest absolute Gasteiger partial charge is 0.382 e. The van der Waals surface area contributed by atoms with Gasteiger partial charge in [-0.05, 0) is 40.4 Å². The molecule has 0 saturated carbocycles. The number of halogens is 3. The van der Waals surface area contributed by atoms with Crippen LogP contribution in [0.3, 0.4) is 0 Å². The molecule has 0 fully saturated rings. The number of nitrogens with one attached hydrogen (secondary N) is 1. The lowest BCUT2D eigenvalue weighted by molar-refractivity contribution is 0.412. The van der Waals surface area contributed by atoms with Crippen LogP contribution in [0.2, 0.25) is 0 Å². The molecule has 1 unspecified atom stereocenters. The smallest absolute Gasteiger partial charge is 0.147 e. The van der Waals surface area contributed by atoms with Gasteiger partial charge in [0.15, 0.2) is 0 Å². The van der Waals surface area contributed by atoms with Crippen molar-refractivity contribution in [1.29, 1.82) is 0 Å². The van der Waals surface area contributed by atoms with Gasteiger partial charge in [0, 0.05) is 12.6 Å². The van der Waals surface area contributed by atoms with Crippen LogP contribution in [0.25, 0.3) is 0 Å². The van der Waals surface area contributed by atoms with Crippen LogP contribution in [0.15, 0.2) is 16.6 Å². The fourth-order valence-electron chi connectivity index (χ4n) is 1.49. The van der Waals surface area contributed by atoms with Crippen molar-refractivity contribution in [2.45, 2.75) is 13.8 Å². The number of hydrogen-bond acceptors (Lipinski definition) is 2. The number of benzene rings is 1. The molecule has 0 aliphatic carbocycles. The van der Waals surface area contributed by atoms with Gasteiger partial charge in [0.1, 0.15) is 11.6 Å². The van der Waals surface area contributed by atoms with Gasteiger partial charge in [0.05, 0.1) is 10.2 Å². The van der Waals surface area contributed by atoms with E-state index in [9.17, 15) is 8.78 Å². The van der Waals surface area contributed by atoms with Crippen molar-refractivity contribution in [1.82, 2.24) is 0 Å². The third-order valence-electron chi connectivity index (χ3n) is 2.81. The summed E-state index contributed by atoms with van der Waals surface area (Å²) in [6, 6.07) is 2.26. The maximum atomic E-state index is 13.5. The van der Waals surface area contributed by atoms with Crippen LogP contribution in [0.5, 0.6) is 0 Å². The van der Waals surface area contributed by atoms with Gasteiger partial charge >= 0.3 is 0 Å². The molecule has 0 aliphatic rings. The number of nitrogens with two attached hydrogens (primary N) is 1. The van der Waals surface area contributed by atoms with Crippen molar-refractivity contribution < 1.29 is 8.78 Å². The van der Waals surface area contributed by atoms with E-state index in [1.807, 2.05) is 0 Å². The summed E-state index contributed by atoms with van der Waals surface area (Å²) in [4.78, 5) is 0. The van der Waals surface area contributed by atoms with Crippen molar-refractivity contribution in [2.24, 2.45) is 17.6 Å². The van der Waals surface area contributed by atoms with E-state index in [4.69, 9.17) is 5.73 Å². The van der Waals surface area contributed by atoms with Gasteiger partial charge in [-0.25, -0.2) is 8.78 Å². The summed E-state index contributed by atoms with van der Waals surface area (Å²) >= 11 is 2.93. The molecule has 3 N–H and O–H groups in total. The molecule has 0 saturated heterocycles. The van der Waals surface area contributed by atoms with Crippen LogP contribution in [-0.4, -0.2) is 13.1 Å². The lowest BCUT2D eigenvalue weighted by atomic mass is 9.96. The Morgan fingerprint density at radius 2 is 1.94 bits per heavy atom. The summed E-state index contributed by atoms with van der Waals surface area (Å²) in [6.45, 7) is 5.16. The molecule has 0 spiro atoms. The van der Waals surface area contributed by atoms with Crippen LogP contribution < -0.4 is 11.1 Å². The summed E-state index contributed by atoms with van der Waals surface area (Å²) in [5, 5.41) is 2.90. The van der Waals surface area contributed by atoms with Gasteiger partial charge in [-0.1, -0.05) is 13.8 Å². The molecule has 0 radical (unpaired) electrons. The van der Waals surface area contributed by atoms with Gasteiger partial charge in [-0.15, -0.1) is 0 Å². The van der Waals surface area contributed by atoms with Crippen molar-refractivity contribution in [3.63, 3.8) is 0 Å². The minimum absolute atomic E-state index is 0.125. The summed E-state index contributed by atoms with van der Waals surface area (Å²) < 4.78 is 26.9. The Balaban J connectivity index is 2.72. The zero-order valence-electron chi connectivity index (χ0n) is 9.93. The Labute approximate surface area is 109 Å². The molecule has 5 heteroatoms. The normalized spacial score (nSPS) is 12.9. The molecular weight excluding hydrogens is 290 g/mol. The quantitative estimate of drug-likeness (QED) is 0.819. The predicted molar refractivity (Wildman–Crippen MR) is 69.9 cm³/mol. The van der Waals surface area contributed by atoms with E-state index in [0.717, 1.165) is 12.1 Å². The summed E-state index contributed by atoms with van der Waals surface area (Å²) in [5.41, 5.74) is 5.79. The zero-order valence-corrected chi connectivity index (χ0v) is 11.5. The lowest BCUT2D eigenvalue weighted by Gasteiger charge is -2.20. The summed E-state index contributed by atoms with van der Waals surface area (Å²) in [6.07, 6.45) is 0. The second-order valence-corrected chi connectivity index (χ2v) is 5.22. The SMILES string of the molecule is CC(C)C(CN)CNc1cc(F)c(Br)cc1F. The van der Waals surface area contributed by atoms with E-state index in [0.29, 0.717) is 19.0 Å². The molecule has 1 aromatic rings. The van der Waals surface area contributed by atoms with E-state index in [-0.39, 0.29) is 16.1 Å². The Morgan fingerprint density at radius 3 is 2.47 bits per heavy atom. The molecule has 0 heterocycles. The van der Waals surface area contributed by atoms with Gasteiger partial charge in [0.25, 0.3) is 0 Å². The topological polar surface area (TPSA) is 38.0 Å². The van der Waals surface area contributed by atoms with Crippen LogP contribution in [0.1, 0.15) is 13.8 Å². The number of rotatable bonds is 5. The fraction of sp³-hybridized carbons (Fsp3) is 0.500. The molecule has 0 aliphatic heterocycles. The molecule has 2 nitrogen and oxygen atoms in total. The van der Waals surface area contributed by atoms with Crippen molar-refractivity contribution in [3.05, 3.63) is 28.2 Å². The maximum Gasteiger partial charge on any atom is 0.147 e. The van der Waals surface area contributed by atoms with Gasteiger partial charge in [-0.2, -0.15) is 0 Å². The lowest BCUT2D eigenvalue weighted by Crippen LogP contribution is -2.27. The molecule has 17 heavy (non-hydrogen) atoms. The molecule has 0 amide bonds. The maximum absolute atomic E-state index is 13.5. The Kier molecular flexibility index (Phi) is 5.33. The van der Waals surface area contributed by atoms with Gasteiger partial charge < -0.3 is 11.1 Å². The van der Waals surface area contributed by atoms with E-state index in [1.165, 1.54) is 0 Å². The Hall–Kier alpha value is -0.680. The number of anilines is 1. The molecule has 0 bridgehead atoms. The monoisotopic (exact) mass is 306 g/mol. The second-order valence-electron chi connectivity index (χ2n) is 4.37. The van der Waals surface area contributed by atoms with Crippen LogP contribution in [-0.2, 0) is 0 Å². The molecule has 1 atom stereocenters. The first-order chi connectivity index (χ1) is 7.95. The van der Waals surface area contributed by atoms with E-state index < -0.39 is 11.6 Å². The molecule has 1 rings (SSSR count). The first-order valence-corrected chi connectivity index (χ1v) is 6.33. The average Bonchev–Trinajstić information content (AvgIpc) is 2.25. The highest BCUT2D eigenvalue weighted by atomic mass is 79.9. The second kappa shape index (κ2) is 6.31. The minimum atomic E-state index is -0.484. The zero-order chi connectivity index (χ0) is 13.0. The highest BCUT2D eigenvalue weighted by Crippen LogP contribution is 2.23. The fourth-order valence-corrected chi connectivity index (χ4v) is 1.81. The molecule has 0 aromatic heterocycles. The Bertz CT molecular complexity index is 383. The third kappa shape index (κ3) is 3.92. The first-order valence-electron chi connectivity index (χ1n) is 5.54. The van der Waals surface area contributed by atoms with Crippen molar-refractivity contribution >= 4 is 21.6 Å². The molecule has 1 aromatic carbocycles. The Morgan fingerprint density at radius 1 is 1.29 bits per heavy atom. The van der Waals surface area contributed by atoms with Crippen LogP contribution in [0, 0.1) is 23.5 Å². The van der Waals surface area contributed by atoms with E-state index >= 15 is 0 Å². The predicted octanol–water partition coefficient (Wildman–Crippen LogP) is 3.37. The highest BCUT2D eigenvalue weighted by Gasteiger charge is 2.13. The van der Waals surface area contributed by atoms with Gasteiger partial charge in [0.2, 0.25) is 0 Å². The number of hydrogen-bond donors (Lipinski definition) is 2. The molecule has 96 valence electrons. The third-order valence-corrected chi connectivity index (χ3v) is 3.42. The van der Waals surface area contributed by atoms with Gasteiger partial charge in [-0.3, -0.25) is 0 Å².